The SMILES string of the molecule is CCCCS(=O)(=O)NCc1nc(-c2ccc3c(c2)CC(=O)N3)cs1. The summed E-state index contributed by atoms with van der Waals surface area (Å²) < 4.78 is 26.2. The number of hydrogen-bond acceptors (Lipinski definition) is 5. The van der Waals surface area contributed by atoms with E-state index in [4.69, 9.17) is 0 Å². The molecule has 8 heteroatoms. The number of sulfonamides is 1. The lowest BCUT2D eigenvalue weighted by molar-refractivity contribution is -0.115. The Bertz CT molecular complexity index is 859. The summed E-state index contributed by atoms with van der Waals surface area (Å²) in [5.41, 5.74) is 3.54. The molecular formula is C16H19N3O3S2. The Morgan fingerprint density at radius 3 is 3.00 bits per heavy atom. The molecule has 1 aliphatic rings. The first-order valence-electron chi connectivity index (χ1n) is 7.82. The fourth-order valence-electron chi connectivity index (χ4n) is 2.49. The molecule has 0 unspecified atom stereocenters. The lowest BCUT2D eigenvalue weighted by atomic mass is 10.1. The molecule has 1 aliphatic heterocycles. The second-order valence-electron chi connectivity index (χ2n) is 5.72. The fourth-order valence-corrected chi connectivity index (χ4v) is 4.50. The quantitative estimate of drug-likeness (QED) is 0.789. The van der Waals surface area contributed by atoms with Crippen LogP contribution in [0.5, 0.6) is 0 Å². The number of hydrogen-bond donors (Lipinski definition) is 2. The van der Waals surface area contributed by atoms with Crippen molar-refractivity contribution in [3.63, 3.8) is 0 Å². The topological polar surface area (TPSA) is 88.2 Å². The molecular weight excluding hydrogens is 346 g/mol. The van der Waals surface area contributed by atoms with E-state index in [-0.39, 0.29) is 18.2 Å². The summed E-state index contributed by atoms with van der Waals surface area (Å²) in [6, 6.07) is 5.74. The number of thiazole rings is 1. The number of aromatic nitrogens is 1. The molecule has 0 saturated carbocycles. The molecule has 1 aromatic carbocycles. The normalized spacial score (nSPS) is 13.8. The second-order valence-corrected chi connectivity index (χ2v) is 8.59. The maximum absolute atomic E-state index is 11.8. The first kappa shape index (κ1) is 17.1. The van der Waals surface area contributed by atoms with Crippen molar-refractivity contribution < 1.29 is 13.2 Å². The Hall–Kier alpha value is -1.77. The van der Waals surface area contributed by atoms with Crippen molar-refractivity contribution in [2.45, 2.75) is 32.7 Å². The minimum absolute atomic E-state index is 0.00241. The van der Waals surface area contributed by atoms with Crippen LogP contribution in [0.4, 0.5) is 5.69 Å². The molecule has 3 rings (SSSR count). The highest BCUT2D eigenvalue weighted by Crippen LogP contribution is 2.29. The summed E-state index contributed by atoms with van der Waals surface area (Å²) in [7, 11) is -3.24. The third-order valence-corrected chi connectivity index (χ3v) is 6.05. The molecule has 0 spiro atoms. The van der Waals surface area contributed by atoms with E-state index in [9.17, 15) is 13.2 Å². The minimum Gasteiger partial charge on any atom is -0.326 e. The van der Waals surface area contributed by atoms with E-state index in [0.29, 0.717) is 12.8 Å². The zero-order valence-electron chi connectivity index (χ0n) is 13.3. The molecule has 0 radical (unpaired) electrons. The van der Waals surface area contributed by atoms with Gasteiger partial charge >= 0.3 is 0 Å². The van der Waals surface area contributed by atoms with Crippen LogP contribution in [-0.4, -0.2) is 25.1 Å². The monoisotopic (exact) mass is 365 g/mol. The predicted octanol–water partition coefficient (Wildman–Crippen LogP) is 2.52. The molecule has 0 aliphatic carbocycles. The van der Waals surface area contributed by atoms with Crippen molar-refractivity contribution in [1.82, 2.24) is 9.71 Å². The first-order chi connectivity index (χ1) is 11.5. The van der Waals surface area contributed by atoms with Gasteiger partial charge in [-0.15, -0.1) is 11.3 Å². The van der Waals surface area contributed by atoms with E-state index < -0.39 is 10.0 Å². The van der Waals surface area contributed by atoms with E-state index in [1.165, 1.54) is 11.3 Å². The fraction of sp³-hybridized carbons (Fsp3) is 0.375. The molecule has 0 saturated heterocycles. The Kier molecular flexibility index (Phi) is 4.98. The summed E-state index contributed by atoms with van der Waals surface area (Å²) in [4.78, 5) is 15.9. The van der Waals surface area contributed by atoms with Crippen LogP contribution >= 0.6 is 11.3 Å². The Balaban J connectivity index is 1.68. The van der Waals surface area contributed by atoms with E-state index in [1.54, 1.807) is 0 Å². The lowest BCUT2D eigenvalue weighted by Crippen LogP contribution is -2.25. The lowest BCUT2D eigenvalue weighted by Gasteiger charge is -2.04. The largest absolute Gasteiger partial charge is 0.326 e. The third kappa shape index (κ3) is 4.00. The van der Waals surface area contributed by atoms with Crippen molar-refractivity contribution in [2.75, 3.05) is 11.1 Å². The number of benzene rings is 1. The number of nitrogens with zero attached hydrogens (tertiary/aromatic N) is 1. The van der Waals surface area contributed by atoms with E-state index in [2.05, 4.69) is 15.0 Å². The van der Waals surface area contributed by atoms with Gasteiger partial charge in [0.05, 0.1) is 24.4 Å². The van der Waals surface area contributed by atoms with Crippen LogP contribution in [0, 0.1) is 0 Å². The van der Waals surface area contributed by atoms with Crippen LogP contribution in [0.3, 0.4) is 0 Å². The number of nitrogens with one attached hydrogen (secondary N) is 2. The zero-order chi connectivity index (χ0) is 17.2. The summed E-state index contributed by atoms with van der Waals surface area (Å²) in [6.07, 6.45) is 1.88. The predicted molar refractivity (Wildman–Crippen MR) is 95.4 cm³/mol. The van der Waals surface area contributed by atoms with Crippen LogP contribution in [-0.2, 0) is 27.8 Å². The van der Waals surface area contributed by atoms with Crippen molar-refractivity contribution >= 4 is 33.0 Å². The highest BCUT2D eigenvalue weighted by molar-refractivity contribution is 7.89. The number of amides is 1. The molecule has 6 nitrogen and oxygen atoms in total. The molecule has 1 amide bonds. The van der Waals surface area contributed by atoms with Gasteiger partial charge in [0.2, 0.25) is 15.9 Å². The molecule has 24 heavy (non-hydrogen) atoms. The molecule has 2 N–H and O–H groups in total. The van der Waals surface area contributed by atoms with Crippen molar-refractivity contribution in [3.05, 3.63) is 34.2 Å². The number of unbranched alkanes of at least 4 members (excludes halogenated alkanes) is 1. The second kappa shape index (κ2) is 7.00. The number of carbonyl (C=O) groups is 1. The van der Waals surface area contributed by atoms with Gasteiger partial charge in [-0.2, -0.15) is 0 Å². The molecule has 0 bridgehead atoms. The summed E-state index contributed by atoms with van der Waals surface area (Å²) in [5, 5.41) is 5.43. The van der Waals surface area contributed by atoms with Gasteiger partial charge in [0.25, 0.3) is 0 Å². The van der Waals surface area contributed by atoms with Crippen LogP contribution in [0.2, 0.25) is 0 Å². The maximum Gasteiger partial charge on any atom is 0.228 e. The van der Waals surface area contributed by atoms with Crippen molar-refractivity contribution in [2.24, 2.45) is 0 Å². The van der Waals surface area contributed by atoms with Crippen molar-refractivity contribution in [3.8, 4) is 11.3 Å². The van der Waals surface area contributed by atoms with Gasteiger partial charge in [-0.3, -0.25) is 4.79 Å². The number of carbonyl (C=O) groups excluding carboxylic acids is 1. The molecule has 1 aromatic heterocycles. The summed E-state index contributed by atoms with van der Waals surface area (Å²) in [5.74, 6) is 0.149. The molecule has 2 heterocycles. The van der Waals surface area contributed by atoms with Gasteiger partial charge in [0, 0.05) is 16.6 Å². The first-order valence-corrected chi connectivity index (χ1v) is 10.3. The van der Waals surface area contributed by atoms with Crippen LogP contribution in [0.25, 0.3) is 11.3 Å². The van der Waals surface area contributed by atoms with E-state index in [0.717, 1.165) is 33.9 Å². The van der Waals surface area contributed by atoms with Gasteiger partial charge < -0.3 is 5.32 Å². The van der Waals surface area contributed by atoms with Crippen LogP contribution < -0.4 is 10.0 Å². The highest BCUT2D eigenvalue weighted by atomic mass is 32.2. The molecule has 128 valence electrons. The van der Waals surface area contributed by atoms with Gasteiger partial charge in [0.15, 0.2) is 0 Å². The van der Waals surface area contributed by atoms with Crippen molar-refractivity contribution in [1.29, 1.82) is 0 Å². The van der Waals surface area contributed by atoms with Gasteiger partial charge in [-0.05, 0) is 24.1 Å². The Morgan fingerprint density at radius 1 is 1.38 bits per heavy atom. The standard InChI is InChI=1S/C16H19N3O3S2/c1-2-3-6-24(21,22)17-9-16-19-14(10-23-16)11-4-5-13-12(7-11)8-15(20)18-13/h4-5,7,10,17H,2-3,6,8-9H2,1H3,(H,18,20). The highest BCUT2D eigenvalue weighted by Gasteiger charge is 2.18. The molecule has 0 atom stereocenters. The number of fused-ring (bicyclic) bond motifs is 1. The van der Waals surface area contributed by atoms with Gasteiger partial charge in [0.1, 0.15) is 5.01 Å². The maximum atomic E-state index is 11.8. The number of rotatable bonds is 7. The van der Waals surface area contributed by atoms with E-state index >= 15 is 0 Å². The Morgan fingerprint density at radius 2 is 2.21 bits per heavy atom. The minimum atomic E-state index is -3.24. The average Bonchev–Trinajstić information content (AvgIpc) is 3.15. The number of anilines is 1. The zero-order valence-corrected chi connectivity index (χ0v) is 15.0. The van der Waals surface area contributed by atoms with E-state index in [1.807, 2.05) is 30.5 Å². The van der Waals surface area contributed by atoms with Crippen LogP contribution in [0.15, 0.2) is 23.6 Å². The van der Waals surface area contributed by atoms with Crippen LogP contribution in [0.1, 0.15) is 30.3 Å². The third-order valence-electron chi connectivity index (χ3n) is 3.79. The molecule has 0 fully saturated rings. The average molecular weight is 365 g/mol. The van der Waals surface area contributed by atoms with Gasteiger partial charge in [-0.1, -0.05) is 19.4 Å². The summed E-state index contributed by atoms with van der Waals surface area (Å²) in [6.45, 7) is 2.17. The smallest absolute Gasteiger partial charge is 0.228 e. The Labute approximate surface area is 145 Å². The molecule has 2 aromatic rings. The van der Waals surface area contributed by atoms with Gasteiger partial charge in [-0.25, -0.2) is 18.1 Å². The summed E-state index contributed by atoms with van der Waals surface area (Å²) >= 11 is 1.42.